The molecular formula is C25H35N3O3. The molecule has 1 aliphatic rings. The first-order valence-electron chi connectivity index (χ1n) is 11.4. The number of nitrogens with one attached hydrogen (secondary N) is 2. The number of fused-ring (bicyclic) bond motifs is 1. The number of hydrogen-bond acceptors (Lipinski definition) is 3. The SMILES string of the molecule is CC1=C[C@@H](CNC(=O)CCCC(=O)O)[C@H](C(C)C)C[C@H]1Cc1nc2c(C)cccc2[nH]1. The monoisotopic (exact) mass is 425 g/mol. The number of amides is 1. The van der Waals surface area contributed by atoms with Crippen LogP contribution in [0.2, 0.25) is 0 Å². The maximum atomic E-state index is 12.1. The Hall–Kier alpha value is -2.63. The quantitative estimate of drug-likeness (QED) is 0.510. The largest absolute Gasteiger partial charge is 0.481 e. The lowest BCUT2D eigenvalue weighted by molar-refractivity contribution is -0.137. The predicted molar refractivity (Wildman–Crippen MR) is 123 cm³/mol. The third-order valence-corrected chi connectivity index (χ3v) is 6.62. The lowest BCUT2D eigenvalue weighted by Crippen LogP contribution is -2.37. The molecule has 0 radical (unpaired) electrons. The number of allylic oxidation sites excluding steroid dienone is 1. The molecule has 3 N–H and O–H groups in total. The van der Waals surface area contributed by atoms with Gasteiger partial charge in [0.15, 0.2) is 0 Å². The van der Waals surface area contributed by atoms with Gasteiger partial charge < -0.3 is 15.4 Å². The second-order valence-corrected chi connectivity index (χ2v) is 9.33. The first-order valence-corrected chi connectivity index (χ1v) is 11.4. The van der Waals surface area contributed by atoms with E-state index in [1.807, 2.05) is 0 Å². The molecule has 6 heteroatoms. The Morgan fingerprint density at radius 2 is 2.03 bits per heavy atom. The maximum absolute atomic E-state index is 12.1. The summed E-state index contributed by atoms with van der Waals surface area (Å²) in [6, 6.07) is 6.23. The maximum Gasteiger partial charge on any atom is 0.303 e. The van der Waals surface area contributed by atoms with Crippen molar-refractivity contribution in [1.29, 1.82) is 0 Å². The number of nitrogens with zero attached hydrogens (tertiary/aromatic N) is 1. The van der Waals surface area contributed by atoms with Crippen LogP contribution in [-0.2, 0) is 16.0 Å². The lowest BCUT2D eigenvalue weighted by atomic mass is 9.69. The average Bonchev–Trinajstić information content (AvgIpc) is 3.11. The molecule has 1 amide bonds. The molecule has 0 spiro atoms. The van der Waals surface area contributed by atoms with Gasteiger partial charge >= 0.3 is 5.97 Å². The number of carboxylic acid groups (broad SMARTS) is 1. The molecule has 2 aromatic rings. The number of H-pyrrole nitrogens is 1. The molecule has 6 nitrogen and oxygen atoms in total. The second kappa shape index (κ2) is 10.1. The van der Waals surface area contributed by atoms with Crippen molar-refractivity contribution >= 4 is 22.9 Å². The second-order valence-electron chi connectivity index (χ2n) is 9.33. The van der Waals surface area contributed by atoms with E-state index in [9.17, 15) is 9.59 Å². The van der Waals surface area contributed by atoms with Crippen LogP contribution in [0.15, 0.2) is 29.8 Å². The summed E-state index contributed by atoms with van der Waals surface area (Å²) in [4.78, 5) is 31.1. The minimum Gasteiger partial charge on any atom is -0.481 e. The highest BCUT2D eigenvalue weighted by atomic mass is 16.4. The van der Waals surface area contributed by atoms with Crippen LogP contribution in [-0.4, -0.2) is 33.5 Å². The fourth-order valence-electron chi connectivity index (χ4n) is 4.78. The number of rotatable bonds is 9. The molecule has 168 valence electrons. The Labute approximate surface area is 184 Å². The number of aromatic amines is 1. The predicted octanol–water partition coefficient (Wildman–Crippen LogP) is 4.64. The fourth-order valence-corrected chi connectivity index (χ4v) is 4.78. The van der Waals surface area contributed by atoms with Gasteiger partial charge in [0, 0.05) is 25.8 Å². The van der Waals surface area contributed by atoms with Crippen molar-refractivity contribution in [3.8, 4) is 0 Å². The van der Waals surface area contributed by atoms with E-state index in [0.29, 0.717) is 36.6 Å². The smallest absolute Gasteiger partial charge is 0.303 e. The first kappa shape index (κ1) is 23.0. The van der Waals surface area contributed by atoms with Crippen molar-refractivity contribution in [2.45, 2.75) is 59.8 Å². The van der Waals surface area contributed by atoms with Gasteiger partial charge in [0.05, 0.1) is 11.0 Å². The van der Waals surface area contributed by atoms with E-state index < -0.39 is 5.97 Å². The van der Waals surface area contributed by atoms with E-state index in [1.165, 1.54) is 11.1 Å². The van der Waals surface area contributed by atoms with Crippen LogP contribution in [0.1, 0.15) is 57.8 Å². The summed E-state index contributed by atoms with van der Waals surface area (Å²) in [6.07, 6.45) is 5.00. The molecule has 1 heterocycles. The van der Waals surface area contributed by atoms with Gasteiger partial charge in [0.2, 0.25) is 5.91 Å². The molecule has 0 bridgehead atoms. The zero-order valence-electron chi connectivity index (χ0n) is 19.1. The normalized spacial score (nSPS) is 21.3. The van der Waals surface area contributed by atoms with Gasteiger partial charge in [-0.1, -0.05) is 37.6 Å². The van der Waals surface area contributed by atoms with Crippen molar-refractivity contribution < 1.29 is 14.7 Å². The number of aliphatic carboxylic acids is 1. The molecule has 0 fully saturated rings. The van der Waals surface area contributed by atoms with Crippen molar-refractivity contribution in [2.75, 3.05) is 6.54 Å². The summed E-state index contributed by atoms with van der Waals surface area (Å²) >= 11 is 0. The number of para-hydroxylation sites is 1. The van der Waals surface area contributed by atoms with Gasteiger partial charge in [-0.25, -0.2) is 4.98 Å². The topological polar surface area (TPSA) is 95.1 Å². The van der Waals surface area contributed by atoms with Crippen LogP contribution in [0.25, 0.3) is 11.0 Å². The van der Waals surface area contributed by atoms with E-state index in [-0.39, 0.29) is 18.7 Å². The molecule has 0 saturated heterocycles. The molecule has 1 aliphatic carbocycles. The van der Waals surface area contributed by atoms with Gasteiger partial charge in [0.25, 0.3) is 0 Å². The van der Waals surface area contributed by atoms with Crippen molar-refractivity contribution in [1.82, 2.24) is 15.3 Å². The van der Waals surface area contributed by atoms with Crippen molar-refractivity contribution in [3.63, 3.8) is 0 Å². The molecule has 1 aromatic carbocycles. The Morgan fingerprint density at radius 1 is 1.26 bits per heavy atom. The molecule has 1 aromatic heterocycles. The van der Waals surface area contributed by atoms with Gasteiger partial charge in [-0.05, 0) is 62.0 Å². The van der Waals surface area contributed by atoms with Crippen LogP contribution in [0.5, 0.6) is 0 Å². The number of hydrogen-bond donors (Lipinski definition) is 3. The summed E-state index contributed by atoms with van der Waals surface area (Å²) in [7, 11) is 0. The first-order chi connectivity index (χ1) is 14.7. The number of aryl methyl sites for hydroxylation is 1. The summed E-state index contributed by atoms with van der Waals surface area (Å²) < 4.78 is 0. The highest BCUT2D eigenvalue weighted by molar-refractivity contribution is 5.78. The van der Waals surface area contributed by atoms with Gasteiger partial charge in [-0.3, -0.25) is 9.59 Å². The standard InChI is InChI=1S/C25H35N3O3/c1-15(2)20-12-18(13-22-27-21-8-5-7-16(3)25(21)28-22)17(4)11-19(20)14-26-23(29)9-6-10-24(30)31/h5,7-8,11,15,18-20H,6,9-10,12-14H2,1-4H3,(H,26,29)(H,27,28)(H,30,31)/t18-,19-,20-/m0/s1. The van der Waals surface area contributed by atoms with Crippen LogP contribution in [0.4, 0.5) is 0 Å². The van der Waals surface area contributed by atoms with Gasteiger partial charge in [-0.2, -0.15) is 0 Å². The summed E-state index contributed by atoms with van der Waals surface area (Å²) in [6.45, 7) is 9.40. The van der Waals surface area contributed by atoms with Crippen LogP contribution >= 0.6 is 0 Å². The Balaban J connectivity index is 1.65. The van der Waals surface area contributed by atoms with Gasteiger partial charge in [-0.15, -0.1) is 0 Å². The summed E-state index contributed by atoms with van der Waals surface area (Å²) in [5.41, 5.74) is 4.70. The minimum absolute atomic E-state index is 0.0352. The van der Waals surface area contributed by atoms with E-state index in [0.717, 1.165) is 29.7 Å². The highest BCUT2D eigenvalue weighted by Gasteiger charge is 2.32. The molecule has 3 rings (SSSR count). The molecule has 31 heavy (non-hydrogen) atoms. The highest BCUT2D eigenvalue weighted by Crippen LogP contribution is 2.38. The average molecular weight is 426 g/mol. The number of carbonyl (C=O) groups is 2. The van der Waals surface area contributed by atoms with Crippen LogP contribution in [0, 0.1) is 30.6 Å². The Morgan fingerprint density at radius 3 is 2.71 bits per heavy atom. The van der Waals surface area contributed by atoms with E-state index >= 15 is 0 Å². The molecule has 0 unspecified atom stereocenters. The molecule has 0 aliphatic heterocycles. The van der Waals surface area contributed by atoms with E-state index in [1.54, 1.807) is 0 Å². The zero-order valence-corrected chi connectivity index (χ0v) is 19.1. The third-order valence-electron chi connectivity index (χ3n) is 6.62. The van der Waals surface area contributed by atoms with Crippen LogP contribution in [0.3, 0.4) is 0 Å². The minimum atomic E-state index is -0.857. The summed E-state index contributed by atoms with van der Waals surface area (Å²) in [5.74, 6) is 1.86. The van der Waals surface area contributed by atoms with E-state index in [4.69, 9.17) is 10.1 Å². The Kier molecular flexibility index (Phi) is 7.52. The molecular weight excluding hydrogens is 390 g/mol. The number of aromatic nitrogens is 2. The molecule has 0 saturated carbocycles. The van der Waals surface area contributed by atoms with Gasteiger partial charge in [0.1, 0.15) is 5.82 Å². The lowest BCUT2D eigenvalue weighted by Gasteiger charge is -2.37. The zero-order chi connectivity index (χ0) is 22.5. The number of carbonyl (C=O) groups excluding carboxylic acids is 1. The van der Waals surface area contributed by atoms with Crippen LogP contribution < -0.4 is 5.32 Å². The molecule has 3 atom stereocenters. The van der Waals surface area contributed by atoms with Crippen molar-refractivity contribution in [2.24, 2.45) is 23.7 Å². The van der Waals surface area contributed by atoms with Crippen molar-refractivity contribution in [3.05, 3.63) is 41.2 Å². The third kappa shape index (κ3) is 5.96. The summed E-state index contributed by atoms with van der Waals surface area (Å²) in [5, 5.41) is 11.7. The number of carboxylic acids is 1. The fraction of sp³-hybridized carbons (Fsp3) is 0.560. The number of benzene rings is 1. The Bertz CT molecular complexity index is 960. The van der Waals surface area contributed by atoms with E-state index in [2.05, 4.69) is 62.3 Å². The number of imidazole rings is 1.